The minimum absolute atomic E-state index is 0.601. The fourth-order valence-corrected chi connectivity index (χ4v) is 2.13. The number of nitrogens with zero attached hydrogens (tertiary/aromatic N) is 2. The van der Waals surface area contributed by atoms with Crippen LogP contribution in [0.2, 0.25) is 0 Å². The SMILES string of the molecule is CNCc1ccc(CN(C)C(C)CC(C)C)nc1. The van der Waals surface area contributed by atoms with Crippen molar-refractivity contribution in [3.05, 3.63) is 29.6 Å². The maximum absolute atomic E-state index is 4.52. The maximum Gasteiger partial charge on any atom is 0.0544 e. The average Bonchev–Trinajstić information content (AvgIpc) is 2.31. The number of rotatable bonds is 7. The van der Waals surface area contributed by atoms with E-state index < -0.39 is 0 Å². The summed E-state index contributed by atoms with van der Waals surface area (Å²) in [6, 6.07) is 4.88. The summed E-state index contributed by atoms with van der Waals surface area (Å²) in [7, 11) is 4.13. The summed E-state index contributed by atoms with van der Waals surface area (Å²) in [5, 5.41) is 3.13. The molecule has 0 aliphatic heterocycles. The third-order valence-corrected chi connectivity index (χ3v) is 3.24. The van der Waals surface area contributed by atoms with Crippen LogP contribution >= 0.6 is 0 Å². The van der Waals surface area contributed by atoms with Gasteiger partial charge in [-0.3, -0.25) is 9.88 Å². The summed E-state index contributed by atoms with van der Waals surface area (Å²) in [5.74, 6) is 0.744. The monoisotopic (exact) mass is 249 g/mol. The highest BCUT2D eigenvalue weighted by molar-refractivity contribution is 5.13. The molecule has 3 heteroatoms. The molecule has 0 spiro atoms. The Morgan fingerprint density at radius 2 is 2.00 bits per heavy atom. The van der Waals surface area contributed by atoms with Crippen molar-refractivity contribution < 1.29 is 0 Å². The molecule has 0 aliphatic carbocycles. The number of hydrogen-bond acceptors (Lipinski definition) is 3. The lowest BCUT2D eigenvalue weighted by Crippen LogP contribution is -2.30. The van der Waals surface area contributed by atoms with Crippen molar-refractivity contribution in [3.63, 3.8) is 0 Å². The van der Waals surface area contributed by atoms with Crippen molar-refractivity contribution in [2.24, 2.45) is 5.92 Å². The molecule has 1 aromatic heterocycles. The van der Waals surface area contributed by atoms with Gasteiger partial charge in [0.25, 0.3) is 0 Å². The first-order chi connectivity index (χ1) is 8.52. The van der Waals surface area contributed by atoms with Gasteiger partial charge in [-0.25, -0.2) is 0 Å². The second-order valence-corrected chi connectivity index (χ2v) is 5.58. The molecule has 0 fully saturated rings. The Morgan fingerprint density at radius 1 is 1.28 bits per heavy atom. The fourth-order valence-electron chi connectivity index (χ4n) is 2.13. The third kappa shape index (κ3) is 5.15. The van der Waals surface area contributed by atoms with Gasteiger partial charge in [0.2, 0.25) is 0 Å². The Hall–Kier alpha value is -0.930. The Kier molecular flexibility index (Phi) is 6.30. The van der Waals surface area contributed by atoms with Gasteiger partial charge in [-0.05, 0) is 45.0 Å². The van der Waals surface area contributed by atoms with Crippen molar-refractivity contribution in [2.75, 3.05) is 14.1 Å². The van der Waals surface area contributed by atoms with Gasteiger partial charge in [0.15, 0.2) is 0 Å². The first kappa shape index (κ1) is 15.1. The van der Waals surface area contributed by atoms with Gasteiger partial charge in [0.1, 0.15) is 0 Å². The minimum atomic E-state index is 0.601. The van der Waals surface area contributed by atoms with Crippen LogP contribution < -0.4 is 5.32 Å². The van der Waals surface area contributed by atoms with E-state index in [0.29, 0.717) is 6.04 Å². The van der Waals surface area contributed by atoms with Crippen LogP contribution in [0.3, 0.4) is 0 Å². The highest BCUT2D eigenvalue weighted by atomic mass is 15.1. The van der Waals surface area contributed by atoms with Gasteiger partial charge in [0, 0.05) is 25.3 Å². The van der Waals surface area contributed by atoms with E-state index in [9.17, 15) is 0 Å². The normalized spacial score (nSPS) is 13.3. The Bertz CT molecular complexity index is 332. The Labute approximate surface area is 112 Å². The van der Waals surface area contributed by atoms with Crippen molar-refractivity contribution in [1.82, 2.24) is 15.2 Å². The van der Waals surface area contributed by atoms with Crippen LogP contribution in [-0.4, -0.2) is 30.0 Å². The topological polar surface area (TPSA) is 28.2 Å². The van der Waals surface area contributed by atoms with Gasteiger partial charge in [0.05, 0.1) is 5.69 Å². The van der Waals surface area contributed by atoms with Crippen LogP contribution in [0.1, 0.15) is 38.4 Å². The summed E-state index contributed by atoms with van der Waals surface area (Å²) in [6.45, 7) is 8.64. The zero-order valence-corrected chi connectivity index (χ0v) is 12.4. The molecule has 102 valence electrons. The summed E-state index contributed by atoms with van der Waals surface area (Å²) < 4.78 is 0. The second kappa shape index (κ2) is 7.49. The molecule has 0 bridgehead atoms. The summed E-state index contributed by atoms with van der Waals surface area (Å²) in [5.41, 5.74) is 2.38. The lowest BCUT2D eigenvalue weighted by molar-refractivity contribution is 0.218. The molecular weight excluding hydrogens is 222 g/mol. The molecule has 0 amide bonds. The molecule has 0 radical (unpaired) electrons. The van der Waals surface area contributed by atoms with Crippen molar-refractivity contribution in [3.8, 4) is 0 Å². The molecule has 0 saturated carbocycles. The fraction of sp³-hybridized carbons (Fsp3) is 0.667. The molecule has 1 heterocycles. The van der Waals surface area contributed by atoms with E-state index >= 15 is 0 Å². The zero-order valence-electron chi connectivity index (χ0n) is 12.4. The van der Waals surface area contributed by atoms with Crippen molar-refractivity contribution >= 4 is 0 Å². The first-order valence-electron chi connectivity index (χ1n) is 6.81. The average molecular weight is 249 g/mol. The van der Waals surface area contributed by atoms with Gasteiger partial charge in [-0.2, -0.15) is 0 Å². The van der Waals surface area contributed by atoms with Crippen LogP contribution in [-0.2, 0) is 13.1 Å². The molecule has 0 saturated heterocycles. The van der Waals surface area contributed by atoms with E-state index in [1.165, 1.54) is 12.0 Å². The van der Waals surface area contributed by atoms with Crippen molar-refractivity contribution in [2.45, 2.75) is 46.3 Å². The quantitative estimate of drug-likeness (QED) is 0.805. The van der Waals surface area contributed by atoms with Crippen molar-refractivity contribution in [1.29, 1.82) is 0 Å². The smallest absolute Gasteiger partial charge is 0.0544 e. The molecule has 0 aliphatic rings. The molecule has 0 aromatic carbocycles. The van der Waals surface area contributed by atoms with E-state index in [2.05, 4.69) is 55.2 Å². The Morgan fingerprint density at radius 3 is 2.50 bits per heavy atom. The molecule has 3 nitrogen and oxygen atoms in total. The van der Waals surface area contributed by atoms with Crippen LogP contribution in [0.4, 0.5) is 0 Å². The molecule has 1 unspecified atom stereocenters. The van der Waals surface area contributed by atoms with E-state index in [0.717, 1.165) is 24.7 Å². The first-order valence-corrected chi connectivity index (χ1v) is 6.81. The van der Waals surface area contributed by atoms with Crippen LogP contribution in [0.15, 0.2) is 18.3 Å². The number of hydrogen-bond donors (Lipinski definition) is 1. The van der Waals surface area contributed by atoms with E-state index in [-0.39, 0.29) is 0 Å². The highest BCUT2D eigenvalue weighted by Gasteiger charge is 2.11. The number of pyridine rings is 1. The van der Waals surface area contributed by atoms with Gasteiger partial charge >= 0.3 is 0 Å². The third-order valence-electron chi connectivity index (χ3n) is 3.24. The zero-order chi connectivity index (χ0) is 13.5. The molecule has 18 heavy (non-hydrogen) atoms. The summed E-state index contributed by atoms with van der Waals surface area (Å²) in [4.78, 5) is 6.89. The lowest BCUT2D eigenvalue weighted by atomic mass is 10.0. The summed E-state index contributed by atoms with van der Waals surface area (Å²) >= 11 is 0. The van der Waals surface area contributed by atoms with Crippen LogP contribution in [0.25, 0.3) is 0 Å². The minimum Gasteiger partial charge on any atom is -0.316 e. The van der Waals surface area contributed by atoms with Gasteiger partial charge < -0.3 is 5.32 Å². The molecule has 1 N–H and O–H groups in total. The van der Waals surface area contributed by atoms with E-state index in [1.807, 2.05) is 13.2 Å². The predicted octanol–water partition coefficient (Wildman–Crippen LogP) is 2.67. The second-order valence-electron chi connectivity index (χ2n) is 5.58. The molecular formula is C15H27N3. The van der Waals surface area contributed by atoms with Gasteiger partial charge in [-0.15, -0.1) is 0 Å². The van der Waals surface area contributed by atoms with E-state index in [1.54, 1.807) is 0 Å². The Balaban J connectivity index is 2.50. The molecule has 1 aromatic rings. The predicted molar refractivity (Wildman–Crippen MR) is 77.4 cm³/mol. The van der Waals surface area contributed by atoms with Gasteiger partial charge in [-0.1, -0.05) is 19.9 Å². The number of nitrogens with one attached hydrogen (secondary N) is 1. The standard InChI is InChI=1S/C15H27N3/c1-12(2)8-13(3)18(5)11-15-7-6-14(9-16-4)10-17-15/h6-7,10,12-13,16H,8-9,11H2,1-5H3. The summed E-state index contributed by atoms with van der Waals surface area (Å²) in [6.07, 6.45) is 3.20. The lowest BCUT2D eigenvalue weighted by Gasteiger charge is -2.25. The maximum atomic E-state index is 4.52. The largest absolute Gasteiger partial charge is 0.316 e. The molecule has 1 atom stereocenters. The highest BCUT2D eigenvalue weighted by Crippen LogP contribution is 2.12. The van der Waals surface area contributed by atoms with E-state index in [4.69, 9.17) is 0 Å². The molecule has 1 rings (SSSR count). The van der Waals surface area contributed by atoms with Crippen LogP contribution in [0, 0.1) is 5.92 Å². The van der Waals surface area contributed by atoms with Crippen LogP contribution in [0.5, 0.6) is 0 Å². The number of aromatic nitrogens is 1.